The van der Waals surface area contributed by atoms with E-state index in [1.807, 2.05) is 18.3 Å². The van der Waals surface area contributed by atoms with E-state index >= 15 is 0 Å². The Bertz CT molecular complexity index is 1040. The Morgan fingerprint density at radius 1 is 1.15 bits per heavy atom. The van der Waals surface area contributed by atoms with Gasteiger partial charge in [-0.2, -0.15) is 5.10 Å². The molecule has 0 aliphatic heterocycles. The van der Waals surface area contributed by atoms with Gasteiger partial charge in [0.2, 0.25) is 0 Å². The van der Waals surface area contributed by atoms with Crippen LogP contribution in [0.15, 0.2) is 48.7 Å². The summed E-state index contributed by atoms with van der Waals surface area (Å²) in [5.41, 5.74) is 5.27. The highest BCUT2D eigenvalue weighted by atomic mass is 19.1. The number of rotatable bonds is 4. The quantitative estimate of drug-likeness (QED) is 0.684. The van der Waals surface area contributed by atoms with Gasteiger partial charge < -0.3 is 0 Å². The van der Waals surface area contributed by atoms with E-state index in [2.05, 4.69) is 31.1 Å². The molecule has 0 spiro atoms. The Morgan fingerprint density at radius 2 is 1.93 bits per heavy atom. The second-order valence-electron chi connectivity index (χ2n) is 7.49. The topological polar surface area (TPSA) is 34.9 Å². The molecule has 138 valence electrons. The van der Waals surface area contributed by atoms with Crippen molar-refractivity contribution in [1.29, 1.82) is 0 Å². The van der Waals surface area contributed by atoms with Crippen molar-refractivity contribution in [1.82, 2.24) is 9.78 Å². The first-order valence-electron chi connectivity index (χ1n) is 9.31. The van der Waals surface area contributed by atoms with Gasteiger partial charge >= 0.3 is 0 Å². The minimum atomic E-state index is -0.654. The number of Topliss-reactive ketones (excluding diaryl/α,β-unsaturated/α-hetero) is 1. The Hall–Kier alpha value is -2.75. The van der Waals surface area contributed by atoms with Crippen LogP contribution in [0.2, 0.25) is 0 Å². The third-order valence-corrected chi connectivity index (χ3v) is 5.99. The number of ketones is 1. The number of nitrogens with zero attached hydrogens (tertiary/aromatic N) is 2. The van der Waals surface area contributed by atoms with Gasteiger partial charge in [0.05, 0.1) is 17.7 Å². The van der Waals surface area contributed by atoms with Crippen molar-refractivity contribution in [2.75, 3.05) is 0 Å². The highest BCUT2D eigenvalue weighted by Crippen LogP contribution is 2.46. The number of carbonyl (C=O) groups excluding carboxylic acids is 1. The monoisotopic (exact) mass is 362 g/mol. The van der Waals surface area contributed by atoms with Crippen LogP contribution in [0.5, 0.6) is 0 Å². The van der Waals surface area contributed by atoms with Gasteiger partial charge in [-0.15, -0.1) is 0 Å². The number of hydrogen-bond donors (Lipinski definition) is 0. The molecule has 27 heavy (non-hydrogen) atoms. The van der Waals surface area contributed by atoms with Crippen molar-refractivity contribution >= 4 is 5.78 Å². The third-order valence-electron chi connectivity index (χ3n) is 5.99. The molecule has 0 amide bonds. The van der Waals surface area contributed by atoms with Gasteiger partial charge in [-0.1, -0.05) is 36.4 Å². The summed E-state index contributed by atoms with van der Waals surface area (Å²) in [4.78, 5) is 12.9. The van der Waals surface area contributed by atoms with Gasteiger partial charge in [0.1, 0.15) is 11.6 Å². The molecule has 0 saturated heterocycles. The highest BCUT2D eigenvalue weighted by molar-refractivity contribution is 5.93. The molecule has 0 bridgehead atoms. The molecule has 0 N–H and O–H groups in total. The highest BCUT2D eigenvalue weighted by Gasteiger charge is 2.47. The zero-order valence-corrected chi connectivity index (χ0v) is 15.9. The van der Waals surface area contributed by atoms with Gasteiger partial charge in [0.15, 0.2) is 0 Å². The van der Waals surface area contributed by atoms with E-state index in [9.17, 15) is 9.18 Å². The molecule has 1 aromatic heterocycles. The lowest BCUT2D eigenvalue weighted by Gasteiger charge is -2.29. The van der Waals surface area contributed by atoms with Crippen molar-refractivity contribution in [3.8, 4) is 0 Å². The number of hydrogen-bond acceptors (Lipinski definition) is 2. The molecule has 1 aliphatic rings. The fraction of sp³-hybridized carbons (Fsp3) is 0.304. The smallest absolute Gasteiger partial charge is 0.144 e. The molecule has 1 atom stereocenters. The molecule has 2 aromatic carbocycles. The van der Waals surface area contributed by atoms with Gasteiger partial charge in [-0.3, -0.25) is 9.48 Å². The second kappa shape index (κ2) is 6.45. The SMILES string of the molecule is CC(=O)[C@@]1(c2cccc(C)c2C)CCc2nn(Cc3ccccc3F)cc21. The fourth-order valence-electron chi connectivity index (χ4n) is 4.37. The Morgan fingerprint density at radius 3 is 2.67 bits per heavy atom. The van der Waals surface area contributed by atoms with Crippen LogP contribution in [0, 0.1) is 19.7 Å². The number of aromatic nitrogens is 2. The molecule has 1 aliphatic carbocycles. The summed E-state index contributed by atoms with van der Waals surface area (Å²) in [6, 6.07) is 12.9. The maximum absolute atomic E-state index is 14.0. The van der Waals surface area contributed by atoms with Crippen LogP contribution < -0.4 is 0 Å². The zero-order valence-electron chi connectivity index (χ0n) is 15.9. The lowest BCUT2D eigenvalue weighted by Crippen LogP contribution is -2.34. The van der Waals surface area contributed by atoms with Gasteiger partial charge in [0, 0.05) is 17.3 Å². The summed E-state index contributed by atoms with van der Waals surface area (Å²) in [7, 11) is 0. The van der Waals surface area contributed by atoms with Gasteiger partial charge in [0.25, 0.3) is 0 Å². The molecule has 4 rings (SSSR count). The summed E-state index contributed by atoms with van der Waals surface area (Å²) in [6.45, 7) is 6.19. The maximum atomic E-state index is 14.0. The lowest BCUT2D eigenvalue weighted by atomic mass is 9.71. The second-order valence-corrected chi connectivity index (χ2v) is 7.49. The van der Waals surface area contributed by atoms with Gasteiger partial charge in [-0.25, -0.2) is 4.39 Å². The van der Waals surface area contributed by atoms with E-state index in [0.29, 0.717) is 12.1 Å². The van der Waals surface area contributed by atoms with E-state index in [-0.39, 0.29) is 11.6 Å². The number of carbonyl (C=O) groups is 1. The van der Waals surface area contributed by atoms with Crippen LogP contribution in [0.3, 0.4) is 0 Å². The molecule has 3 nitrogen and oxygen atoms in total. The average Bonchev–Trinajstić information content (AvgIpc) is 3.18. The largest absolute Gasteiger partial charge is 0.299 e. The van der Waals surface area contributed by atoms with Crippen molar-refractivity contribution < 1.29 is 9.18 Å². The molecule has 0 unspecified atom stereocenters. The fourth-order valence-corrected chi connectivity index (χ4v) is 4.37. The minimum Gasteiger partial charge on any atom is -0.299 e. The predicted octanol–water partition coefficient (Wildman–Crippen LogP) is 4.51. The zero-order chi connectivity index (χ0) is 19.2. The molecule has 0 fully saturated rings. The summed E-state index contributed by atoms with van der Waals surface area (Å²) >= 11 is 0. The molecular formula is C23H23FN2O. The van der Waals surface area contributed by atoms with E-state index in [1.165, 1.54) is 11.6 Å². The normalized spacial score (nSPS) is 18.5. The number of halogens is 1. The molecule has 0 radical (unpaired) electrons. The van der Waals surface area contributed by atoms with Crippen molar-refractivity contribution in [3.05, 3.63) is 88.0 Å². The Balaban J connectivity index is 1.81. The van der Waals surface area contributed by atoms with Crippen LogP contribution in [0.1, 0.15) is 46.9 Å². The van der Waals surface area contributed by atoms with Crippen LogP contribution in [0.4, 0.5) is 4.39 Å². The molecule has 3 aromatic rings. The first-order valence-corrected chi connectivity index (χ1v) is 9.31. The summed E-state index contributed by atoms with van der Waals surface area (Å²) in [5.74, 6) is -0.0964. The molecular weight excluding hydrogens is 339 g/mol. The summed E-state index contributed by atoms with van der Waals surface area (Å²) < 4.78 is 15.8. The standard InChI is InChI=1S/C23H23FN2O/c1-15-7-6-9-19(16(15)2)23(17(3)27)12-11-22-20(23)14-26(25-22)13-18-8-4-5-10-21(18)24/h4-10,14H,11-13H2,1-3H3/t23-/m1/s1. The predicted molar refractivity (Wildman–Crippen MR) is 103 cm³/mol. The first kappa shape index (κ1) is 17.7. The molecule has 4 heteroatoms. The van der Waals surface area contributed by atoms with E-state index in [1.54, 1.807) is 23.7 Å². The Labute approximate surface area is 158 Å². The molecule has 0 saturated carbocycles. The van der Waals surface area contributed by atoms with Crippen molar-refractivity contribution in [2.24, 2.45) is 0 Å². The number of aryl methyl sites for hydroxylation is 2. The van der Waals surface area contributed by atoms with Crippen LogP contribution in [-0.2, 0) is 23.2 Å². The number of benzene rings is 2. The van der Waals surface area contributed by atoms with Crippen LogP contribution in [-0.4, -0.2) is 15.6 Å². The van der Waals surface area contributed by atoms with E-state index in [0.717, 1.165) is 35.2 Å². The van der Waals surface area contributed by atoms with Crippen LogP contribution in [0.25, 0.3) is 0 Å². The lowest BCUT2D eigenvalue weighted by molar-refractivity contribution is -0.121. The van der Waals surface area contributed by atoms with E-state index < -0.39 is 5.41 Å². The Kier molecular flexibility index (Phi) is 4.22. The van der Waals surface area contributed by atoms with Crippen molar-refractivity contribution in [2.45, 2.75) is 45.6 Å². The first-order chi connectivity index (χ1) is 12.9. The number of fused-ring (bicyclic) bond motifs is 1. The van der Waals surface area contributed by atoms with Crippen LogP contribution >= 0.6 is 0 Å². The van der Waals surface area contributed by atoms with E-state index in [4.69, 9.17) is 0 Å². The summed E-state index contributed by atoms with van der Waals surface area (Å²) in [5, 5.41) is 4.68. The van der Waals surface area contributed by atoms with Crippen molar-refractivity contribution in [3.63, 3.8) is 0 Å². The average molecular weight is 362 g/mol. The maximum Gasteiger partial charge on any atom is 0.144 e. The molecule has 1 heterocycles. The van der Waals surface area contributed by atoms with Gasteiger partial charge in [-0.05, 0) is 56.4 Å². The minimum absolute atomic E-state index is 0.139. The third kappa shape index (κ3) is 2.71. The summed E-state index contributed by atoms with van der Waals surface area (Å²) in [6.07, 6.45) is 3.44.